The number of carboxylic acid groups (broad SMARTS) is 1. The van der Waals surface area contributed by atoms with Crippen LogP contribution in [0.15, 0.2) is 35.8 Å². The van der Waals surface area contributed by atoms with E-state index < -0.39 is 24.3 Å². The number of hydrogen-bond donors (Lipinski definition) is 4. The number of thiophene rings is 1. The van der Waals surface area contributed by atoms with Gasteiger partial charge in [-0.3, -0.25) is 4.79 Å². The van der Waals surface area contributed by atoms with E-state index in [1.807, 2.05) is 18.2 Å². The Hall–Kier alpha value is -1.47. The van der Waals surface area contributed by atoms with Crippen molar-refractivity contribution in [2.45, 2.75) is 70.2 Å². The molecule has 1 aliphatic carbocycles. The van der Waals surface area contributed by atoms with Crippen LogP contribution in [-0.2, 0) is 11.2 Å². The molecule has 0 saturated heterocycles. The average Bonchev–Trinajstić information content (AvgIpc) is 3.16. The number of rotatable bonds is 11. The Balaban J connectivity index is 1.82. The van der Waals surface area contributed by atoms with E-state index in [4.69, 9.17) is 5.11 Å². The van der Waals surface area contributed by atoms with Crippen LogP contribution < -0.4 is 0 Å². The fourth-order valence-corrected chi connectivity index (χ4v) is 4.53. The van der Waals surface area contributed by atoms with Crippen LogP contribution >= 0.6 is 11.3 Å². The molecular weight excluding hydrogens is 376 g/mol. The SMILES string of the molecule is Cc1sccc1CCC(O)/C=C/C1C(O)CC(O)C1C/C=C/CCCC(=O)O. The predicted molar refractivity (Wildman–Crippen MR) is 111 cm³/mol. The lowest BCUT2D eigenvalue weighted by Crippen LogP contribution is -2.20. The molecule has 0 aromatic carbocycles. The third-order valence-corrected chi connectivity index (χ3v) is 6.37. The number of aryl methyl sites for hydroxylation is 2. The Morgan fingerprint density at radius 2 is 2.11 bits per heavy atom. The summed E-state index contributed by atoms with van der Waals surface area (Å²) < 4.78 is 0. The van der Waals surface area contributed by atoms with Gasteiger partial charge in [-0.15, -0.1) is 11.3 Å². The van der Waals surface area contributed by atoms with Gasteiger partial charge < -0.3 is 20.4 Å². The van der Waals surface area contributed by atoms with Gasteiger partial charge in [0.1, 0.15) is 0 Å². The first-order chi connectivity index (χ1) is 13.4. The minimum atomic E-state index is -0.791. The van der Waals surface area contributed by atoms with Gasteiger partial charge in [-0.1, -0.05) is 24.3 Å². The fraction of sp³-hybridized carbons (Fsp3) is 0.591. The van der Waals surface area contributed by atoms with E-state index in [2.05, 4.69) is 18.4 Å². The van der Waals surface area contributed by atoms with Crippen LogP contribution in [0.25, 0.3) is 0 Å². The summed E-state index contributed by atoms with van der Waals surface area (Å²) in [5.74, 6) is -1.06. The maximum Gasteiger partial charge on any atom is 0.303 e. The van der Waals surface area contributed by atoms with Crippen molar-refractivity contribution in [1.29, 1.82) is 0 Å². The fourth-order valence-electron chi connectivity index (χ4n) is 3.78. The Bertz CT molecular complexity index is 666. The van der Waals surface area contributed by atoms with E-state index in [0.29, 0.717) is 32.1 Å². The number of carbonyl (C=O) groups is 1. The highest BCUT2D eigenvalue weighted by atomic mass is 32.1. The molecule has 1 aromatic heterocycles. The summed E-state index contributed by atoms with van der Waals surface area (Å²) in [6.07, 6.45) is 9.63. The minimum Gasteiger partial charge on any atom is -0.481 e. The molecule has 5 nitrogen and oxygen atoms in total. The second kappa shape index (κ2) is 11.5. The van der Waals surface area contributed by atoms with E-state index in [0.717, 1.165) is 6.42 Å². The van der Waals surface area contributed by atoms with Crippen molar-refractivity contribution in [3.8, 4) is 0 Å². The lowest BCUT2D eigenvalue weighted by molar-refractivity contribution is -0.137. The molecule has 1 aliphatic rings. The molecule has 6 heteroatoms. The van der Waals surface area contributed by atoms with Gasteiger partial charge in [0.2, 0.25) is 0 Å². The Morgan fingerprint density at radius 1 is 1.32 bits per heavy atom. The number of unbranched alkanes of at least 4 members (excludes halogenated alkanes) is 1. The molecule has 0 amide bonds. The minimum absolute atomic E-state index is 0.0895. The van der Waals surface area contributed by atoms with Crippen LogP contribution in [0.5, 0.6) is 0 Å². The highest BCUT2D eigenvalue weighted by Gasteiger charge is 2.39. The smallest absolute Gasteiger partial charge is 0.303 e. The molecule has 1 aromatic rings. The predicted octanol–water partition coefficient (Wildman–Crippen LogP) is 3.47. The van der Waals surface area contributed by atoms with E-state index in [-0.39, 0.29) is 18.3 Å². The van der Waals surface area contributed by atoms with E-state index in [1.165, 1.54) is 10.4 Å². The molecule has 0 aliphatic heterocycles. The van der Waals surface area contributed by atoms with Crippen molar-refractivity contribution in [2.75, 3.05) is 0 Å². The van der Waals surface area contributed by atoms with Crippen molar-refractivity contribution < 1.29 is 25.2 Å². The number of aliphatic carboxylic acids is 1. The highest BCUT2D eigenvalue weighted by Crippen LogP contribution is 2.36. The van der Waals surface area contributed by atoms with Gasteiger partial charge in [0.15, 0.2) is 0 Å². The first-order valence-corrected chi connectivity index (χ1v) is 10.9. The molecule has 0 radical (unpaired) electrons. The molecule has 156 valence electrons. The lowest BCUT2D eigenvalue weighted by Gasteiger charge is -2.19. The molecule has 0 spiro atoms. The van der Waals surface area contributed by atoms with Crippen molar-refractivity contribution in [1.82, 2.24) is 0 Å². The molecule has 1 saturated carbocycles. The summed E-state index contributed by atoms with van der Waals surface area (Å²) in [6.45, 7) is 2.08. The van der Waals surface area contributed by atoms with Gasteiger partial charge in [0.05, 0.1) is 18.3 Å². The molecular formula is C22H32O5S. The maximum atomic E-state index is 10.5. The van der Waals surface area contributed by atoms with E-state index in [1.54, 1.807) is 17.4 Å². The number of aliphatic hydroxyl groups excluding tert-OH is 3. The molecule has 5 atom stereocenters. The zero-order valence-corrected chi connectivity index (χ0v) is 17.2. The number of aliphatic hydroxyl groups is 3. The summed E-state index contributed by atoms with van der Waals surface area (Å²) in [7, 11) is 0. The van der Waals surface area contributed by atoms with Gasteiger partial charge in [0.25, 0.3) is 0 Å². The maximum absolute atomic E-state index is 10.5. The highest BCUT2D eigenvalue weighted by molar-refractivity contribution is 7.10. The normalized spacial score (nSPS) is 26.4. The molecule has 5 unspecified atom stereocenters. The van der Waals surface area contributed by atoms with Crippen LogP contribution in [0.4, 0.5) is 0 Å². The second-order valence-corrected chi connectivity index (χ2v) is 8.72. The van der Waals surface area contributed by atoms with Crippen LogP contribution in [0.1, 0.15) is 49.0 Å². The largest absolute Gasteiger partial charge is 0.481 e. The average molecular weight is 409 g/mol. The quantitative estimate of drug-likeness (QED) is 0.332. The van der Waals surface area contributed by atoms with Gasteiger partial charge in [-0.25, -0.2) is 0 Å². The molecule has 1 fully saturated rings. The lowest BCUT2D eigenvalue weighted by atomic mass is 9.89. The number of carboxylic acids is 1. The summed E-state index contributed by atoms with van der Waals surface area (Å²) >= 11 is 1.71. The van der Waals surface area contributed by atoms with Crippen molar-refractivity contribution in [3.05, 3.63) is 46.2 Å². The van der Waals surface area contributed by atoms with Crippen molar-refractivity contribution >= 4 is 17.3 Å². The number of allylic oxidation sites excluding steroid dienone is 2. The van der Waals surface area contributed by atoms with Crippen LogP contribution in [-0.4, -0.2) is 44.7 Å². The molecule has 2 rings (SSSR count). The van der Waals surface area contributed by atoms with E-state index >= 15 is 0 Å². The standard InChI is InChI=1S/C22H32O5S/c1-15-16(12-13-28-15)8-9-17(23)10-11-19-18(20(24)14-21(19)25)6-4-2-3-5-7-22(26)27/h2,4,10-13,17-21,23-25H,3,5-9,14H2,1H3,(H,26,27)/b4-2+,11-10+. The zero-order valence-electron chi connectivity index (χ0n) is 16.4. The third-order valence-electron chi connectivity index (χ3n) is 5.48. The van der Waals surface area contributed by atoms with Crippen molar-refractivity contribution in [3.63, 3.8) is 0 Å². The van der Waals surface area contributed by atoms with Gasteiger partial charge in [-0.05, 0) is 62.0 Å². The van der Waals surface area contributed by atoms with Gasteiger partial charge in [0, 0.05) is 23.6 Å². The Morgan fingerprint density at radius 3 is 2.79 bits per heavy atom. The number of hydrogen-bond acceptors (Lipinski definition) is 5. The zero-order chi connectivity index (χ0) is 20.5. The molecule has 1 heterocycles. The van der Waals surface area contributed by atoms with Crippen LogP contribution in [0.2, 0.25) is 0 Å². The first kappa shape index (κ1) is 22.8. The Kier molecular flexibility index (Phi) is 9.38. The topological polar surface area (TPSA) is 98.0 Å². The summed E-state index contributed by atoms with van der Waals surface area (Å²) in [4.78, 5) is 11.8. The second-order valence-electron chi connectivity index (χ2n) is 7.60. The molecule has 28 heavy (non-hydrogen) atoms. The molecule has 4 N–H and O–H groups in total. The van der Waals surface area contributed by atoms with Crippen molar-refractivity contribution in [2.24, 2.45) is 11.8 Å². The van der Waals surface area contributed by atoms with Gasteiger partial charge in [-0.2, -0.15) is 0 Å². The first-order valence-electron chi connectivity index (χ1n) is 10.0. The summed E-state index contributed by atoms with van der Waals surface area (Å²) in [5.41, 5.74) is 1.26. The van der Waals surface area contributed by atoms with Gasteiger partial charge >= 0.3 is 5.97 Å². The summed E-state index contributed by atoms with van der Waals surface area (Å²) in [5, 5.41) is 41.5. The van der Waals surface area contributed by atoms with E-state index in [9.17, 15) is 20.1 Å². The monoisotopic (exact) mass is 408 g/mol. The summed E-state index contributed by atoms with van der Waals surface area (Å²) in [6, 6.07) is 2.09. The third kappa shape index (κ3) is 7.17. The molecule has 0 bridgehead atoms. The van der Waals surface area contributed by atoms with Crippen LogP contribution in [0.3, 0.4) is 0 Å². The van der Waals surface area contributed by atoms with Crippen LogP contribution in [0, 0.1) is 18.8 Å². The Labute approximate surface area is 171 Å².